The third kappa shape index (κ3) is 1.93. The molecule has 2 fully saturated rings. The van der Waals surface area contributed by atoms with Crippen LogP contribution in [0.5, 0.6) is 0 Å². The fraction of sp³-hybridized carbons (Fsp3) is 0.636. The van der Waals surface area contributed by atoms with Gasteiger partial charge in [-0.3, -0.25) is 0 Å². The van der Waals surface area contributed by atoms with Crippen molar-refractivity contribution >= 4 is 12.4 Å². The Morgan fingerprint density at radius 1 is 1.19 bits per heavy atom. The van der Waals surface area contributed by atoms with Gasteiger partial charge in [0.05, 0.1) is 0 Å². The first-order valence-electron chi connectivity index (χ1n) is 5.52. The van der Waals surface area contributed by atoms with E-state index in [4.69, 9.17) is 0 Å². The van der Waals surface area contributed by atoms with E-state index in [1.807, 2.05) is 0 Å². The summed E-state index contributed by atoms with van der Waals surface area (Å²) in [6.07, 6.45) is 7.22. The van der Waals surface area contributed by atoms with Gasteiger partial charge in [-0.1, -0.05) is 0 Å². The Kier molecular flexibility index (Phi) is 3.15. The predicted molar refractivity (Wildman–Crippen MR) is 62.4 cm³/mol. The van der Waals surface area contributed by atoms with Gasteiger partial charge in [0.1, 0.15) is 5.60 Å². The molecule has 1 aromatic heterocycles. The fourth-order valence-electron chi connectivity index (χ4n) is 2.84. The molecule has 2 aliphatic heterocycles. The molecule has 16 heavy (non-hydrogen) atoms. The molecule has 2 N–H and O–H groups in total. The normalized spacial score (nSPS) is 36.8. The van der Waals surface area contributed by atoms with Crippen LogP contribution in [0.2, 0.25) is 0 Å². The molecule has 0 radical (unpaired) electrons. The summed E-state index contributed by atoms with van der Waals surface area (Å²) in [5.41, 5.74) is -0.807. The minimum Gasteiger partial charge on any atom is -0.382 e. The average molecular weight is 242 g/mol. The van der Waals surface area contributed by atoms with Gasteiger partial charge in [-0.05, 0) is 31.7 Å². The molecule has 4 nitrogen and oxygen atoms in total. The van der Waals surface area contributed by atoms with Crippen LogP contribution in [0.1, 0.15) is 31.5 Å². The number of hydrogen-bond acceptors (Lipinski definition) is 4. The van der Waals surface area contributed by atoms with Gasteiger partial charge in [0.25, 0.3) is 0 Å². The lowest BCUT2D eigenvalue weighted by Crippen LogP contribution is -2.47. The highest BCUT2D eigenvalue weighted by molar-refractivity contribution is 5.85. The first-order chi connectivity index (χ1) is 7.26. The summed E-state index contributed by atoms with van der Waals surface area (Å²) >= 11 is 0. The second-order valence-electron chi connectivity index (χ2n) is 4.65. The van der Waals surface area contributed by atoms with Crippen LogP contribution in [0.4, 0.5) is 0 Å². The molecule has 2 unspecified atom stereocenters. The summed E-state index contributed by atoms with van der Waals surface area (Å²) in [4.78, 5) is 8.36. The first kappa shape index (κ1) is 11.8. The van der Waals surface area contributed by atoms with Crippen molar-refractivity contribution in [3.63, 3.8) is 0 Å². The SMILES string of the molecule is Cl.OC1(c2ncccn2)CC2CCC(C1)N2. The number of nitrogens with zero attached hydrogens (tertiary/aromatic N) is 2. The number of halogens is 1. The standard InChI is InChI=1S/C11H15N3O.ClH/c15-11(10-12-4-1-5-13-10)6-8-2-3-9(7-11)14-8;/h1,4-5,8-9,14-15H,2-3,6-7H2;1H. The molecule has 0 aromatic carbocycles. The van der Waals surface area contributed by atoms with Crippen LogP contribution in [0, 0.1) is 0 Å². The van der Waals surface area contributed by atoms with Crippen LogP contribution >= 0.6 is 12.4 Å². The maximum atomic E-state index is 10.6. The number of fused-ring (bicyclic) bond motifs is 2. The van der Waals surface area contributed by atoms with Crippen LogP contribution in [-0.2, 0) is 5.60 Å². The minimum atomic E-state index is -0.807. The van der Waals surface area contributed by atoms with Crippen molar-refractivity contribution in [2.75, 3.05) is 0 Å². The summed E-state index contributed by atoms with van der Waals surface area (Å²) in [7, 11) is 0. The second-order valence-corrected chi connectivity index (χ2v) is 4.65. The van der Waals surface area contributed by atoms with Crippen molar-refractivity contribution in [1.29, 1.82) is 0 Å². The molecule has 3 rings (SSSR count). The Balaban J connectivity index is 0.000000963. The lowest BCUT2D eigenvalue weighted by atomic mass is 9.87. The van der Waals surface area contributed by atoms with E-state index in [0.717, 1.165) is 12.8 Å². The maximum Gasteiger partial charge on any atom is 0.160 e. The summed E-state index contributed by atoms with van der Waals surface area (Å²) in [5, 5.41) is 14.1. The minimum absolute atomic E-state index is 0. The highest BCUT2D eigenvalue weighted by atomic mass is 35.5. The van der Waals surface area contributed by atoms with E-state index in [1.54, 1.807) is 18.5 Å². The summed E-state index contributed by atoms with van der Waals surface area (Å²) < 4.78 is 0. The van der Waals surface area contributed by atoms with Gasteiger partial charge in [0, 0.05) is 24.5 Å². The highest BCUT2D eigenvalue weighted by Crippen LogP contribution is 2.38. The van der Waals surface area contributed by atoms with Gasteiger partial charge in [-0.25, -0.2) is 9.97 Å². The third-order valence-electron chi connectivity index (χ3n) is 3.49. The molecule has 0 aliphatic carbocycles. The van der Waals surface area contributed by atoms with Gasteiger partial charge in [-0.2, -0.15) is 0 Å². The number of aliphatic hydroxyl groups is 1. The molecule has 1 aromatic rings. The molecular formula is C11H16ClN3O. The third-order valence-corrected chi connectivity index (χ3v) is 3.49. The van der Waals surface area contributed by atoms with E-state index in [9.17, 15) is 5.11 Å². The monoisotopic (exact) mass is 241 g/mol. The number of rotatable bonds is 1. The van der Waals surface area contributed by atoms with E-state index in [1.165, 1.54) is 12.8 Å². The highest BCUT2D eigenvalue weighted by Gasteiger charge is 2.45. The summed E-state index contributed by atoms with van der Waals surface area (Å²) in [6.45, 7) is 0. The van der Waals surface area contributed by atoms with E-state index in [2.05, 4.69) is 15.3 Å². The second kappa shape index (κ2) is 4.28. The number of nitrogens with one attached hydrogen (secondary N) is 1. The van der Waals surface area contributed by atoms with E-state index in [-0.39, 0.29) is 12.4 Å². The largest absolute Gasteiger partial charge is 0.382 e. The molecule has 2 aliphatic rings. The molecule has 88 valence electrons. The molecule has 3 heterocycles. The number of hydrogen-bond donors (Lipinski definition) is 2. The Bertz CT molecular complexity index is 348. The van der Waals surface area contributed by atoms with E-state index >= 15 is 0 Å². The van der Waals surface area contributed by atoms with Crippen molar-refractivity contribution in [2.45, 2.75) is 43.4 Å². The van der Waals surface area contributed by atoms with Crippen molar-refractivity contribution in [1.82, 2.24) is 15.3 Å². The lowest BCUT2D eigenvalue weighted by molar-refractivity contribution is -0.0194. The average Bonchev–Trinajstić information content (AvgIpc) is 2.60. The molecule has 0 amide bonds. The van der Waals surface area contributed by atoms with Crippen LogP contribution in [-0.4, -0.2) is 27.2 Å². The zero-order valence-corrected chi connectivity index (χ0v) is 9.78. The van der Waals surface area contributed by atoms with Crippen molar-refractivity contribution in [3.05, 3.63) is 24.3 Å². The lowest BCUT2D eigenvalue weighted by Gasteiger charge is -2.35. The Hall–Kier alpha value is -0.710. The van der Waals surface area contributed by atoms with Gasteiger partial charge >= 0.3 is 0 Å². The van der Waals surface area contributed by atoms with Crippen molar-refractivity contribution < 1.29 is 5.11 Å². The Labute approximate surface area is 101 Å². The quantitative estimate of drug-likeness (QED) is 0.770. The smallest absolute Gasteiger partial charge is 0.160 e. The van der Waals surface area contributed by atoms with E-state index < -0.39 is 5.60 Å². The molecule has 2 saturated heterocycles. The predicted octanol–water partition coefficient (Wildman–Crippen LogP) is 1.00. The number of piperidine rings is 1. The van der Waals surface area contributed by atoms with Crippen molar-refractivity contribution in [2.24, 2.45) is 0 Å². The molecule has 2 bridgehead atoms. The van der Waals surface area contributed by atoms with Crippen LogP contribution in [0.15, 0.2) is 18.5 Å². The van der Waals surface area contributed by atoms with Gasteiger partial charge in [0.15, 0.2) is 5.82 Å². The van der Waals surface area contributed by atoms with Gasteiger partial charge in [0.2, 0.25) is 0 Å². The van der Waals surface area contributed by atoms with Gasteiger partial charge in [-0.15, -0.1) is 12.4 Å². The Morgan fingerprint density at radius 3 is 2.31 bits per heavy atom. The topological polar surface area (TPSA) is 58.0 Å². The summed E-state index contributed by atoms with van der Waals surface area (Å²) in [5.74, 6) is 0.586. The fourth-order valence-corrected chi connectivity index (χ4v) is 2.84. The molecule has 0 saturated carbocycles. The van der Waals surface area contributed by atoms with E-state index in [0.29, 0.717) is 17.9 Å². The summed E-state index contributed by atoms with van der Waals surface area (Å²) in [6, 6.07) is 2.66. The number of aromatic nitrogens is 2. The molecular weight excluding hydrogens is 226 g/mol. The Morgan fingerprint density at radius 2 is 1.75 bits per heavy atom. The van der Waals surface area contributed by atoms with Gasteiger partial charge < -0.3 is 10.4 Å². The van der Waals surface area contributed by atoms with Crippen molar-refractivity contribution in [3.8, 4) is 0 Å². The molecule has 0 spiro atoms. The zero-order valence-electron chi connectivity index (χ0n) is 8.97. The van der Waals surface area contributed by atoms with Crippen LogP contribution in [0.25, 0.3) is 0 Å². The maximum absolute atomic E-state index is 10.6. The zero-order chi connectivity index (χ0) is 10.3. The van der Waals surface area contributed by atoms with Crippen LogP contribution in [0.3, 0.4) is 0 Å². The molecule has 2 atom stereocenters. The first-order valence-corrected chi connectivity index (χ1v) is 5.52. The molecule has 5 heteroatoms. The van der Waals surface area contributed by atoms with Crippen LogP contribution < -0.4 is 5.32 Å².